The summed E-state index contributed by atoms with van der Waals surface area (Å²) in [6, 6.07) is 25.7. The van der Waals surface area contributed by atoms with E-state index in [0.29, 0.717) is 5.16 Å². The summed E-state index contributed by atoms with van der Waals surface area (Å²) in [6.45, 7) is 2.89. The molecule has 0 atom stereocenters. The van der Waals surface area contributed by atoms with E-state index in [1.54, 1.807) is 7.11 Å². The van der Waals surface area contributed by atoms with Crippen LogP contribution >= 0.6 is 11.8 Å². The molecule has 0 fully saturated rings. The molecular formula is C27H24N4O2S. The van der Waals surface area contributed by atoms with Crippen LogP contribution in [0.3, 0.4) is 0 Å². The molecule has 0 aliphatic carbocycles. The lowest BCUT2D eigenvalue weighted by molar-refractivity contribution is 0.102. The van der Waals surface area contributed by atoms with E-state index in [0.717, 1.165) is 45.8 Å². The number of aromatic nitrogens is 4. The molecule has 0 saturated heterocycles. The zero-order valence-corrected chi connectivity index (χ0v) is 19.8. The zero-order chi connectivity index (χ0) is 23.5. The number of ketones is 1. The minimum atomic E-state index is 0.0685. The van der Waals surface area contributed by atoms with E-state index in [4.69, 9.17) is 4.74 Å². The van der Waals surface area contributed by atoms with Crippen molar-refractivity contribution < 1.29 is 9.53 Å². The Balaban J connectivity index is 1.48. The Labute approximate surface area is 202 Å². The number of para-hydroxylation sites is 1. The van der Waals surface area contributed by atoms with E-state index in [-0.39, 0.29) is 11.5 Å². The van der Waals surface area contributed by atoms with Crippen molar-refractivity contribution in [3.8, 4) is 22.8 Å². The number of aryl methyl sites for hydroxylation is 1. The summed E-state index contributed by atoms with van der Waals surface area (Å²) < 4.78 is 9.41. The minimum Gasteiger partial charge on any atom is -0.497 e. The molecule has 3 aromatic carbocycles. The molecule has 0 unspecified atom stereocenters. The van der Waals surface area contributed by atoms with Crippen molar-refractivity contribution in [1.29, 1.82) is 0 Å². The molecule has 2 heterocycles. The molecule has 0 radical (unpaired) electrons. The van der Waals surface area contributed by atoms with Crippen LogP contribution in [0.15, 0.2) is 90.2 Å². The van der Waals surface area contributed by atoms with E-state index in [9.17, 15) is 4.79 Å². The summed E-state index contributed by atoms with van der Waals surface area (Å²) in [4.78, 5) is 13.3. The predicted molar refractivity (Wildman–Crippen MR) is 136 cm³/mol. The molecule has 0 saturated carbocycles. The van der Waals surface area contributed by atoms with E-state index in [2.05, 4.69) is 27.8 Å². The van der Waals surface area contributed by atoms with Crippen LogP contribution in [0, 0.1) is 0 Å². The van der Waals surface area contributed by atoms with Gasteiger partial charge in [-0.15, -0.1) is 10.2 Å². The van der Waals surface area contributed by atoms with Gasteiger partial charge in [-0.3, -0.25) is 9.36 Å². The van der Waals surface area contributed by atoms with E-state index in [1.807, 2.05) is 83.6 Å². The Hall–Kier alpha value is -3.84. The lowest BCUT2D eigenvalue weighted by Crippen LogP contribution is -2.05. The van der Waals surface area contributed by atoms with Gasteiger partial charge >= 0.3 is 0 Å². The van der Waals surface area contributed by atoms with Crippen molar-refractivity contribution >= 4 is 28.4 Å². The second-order valence-electron chi connectivity index (χ2n) is 7.76. The predicted octanol–water partition coefficient (Wildman–Crippen LogP) is 5.89. The average molecular weight is 469 g/mol. The first kappa shape index (κ1) is 22.0. The van der Waals surface area contributed by atoms with Gasteiger partial charge in [-0.2, -0.15) is 0 Å². The number of hydrogen-bond acceptors (Lipinski definition) is 5. The van der Waals surface area contributed by atoms with Crippen LogP contribution < -0.4 is 4.74 Å². The van der Waals surface area contributed by atoms with Gasteiger partial charge in [0.2, 0.25) is 0 Å². The Kier molecular flexibility index (Phi) is 6.18. The van der Waals surface area contributed by atoms with Crippen molar-refractivity contribution in [3.63, 3.8) is 0 Å². The summed E-state index contributed by atoms with van der Waals surface area (Å²) >= 11 is 1.39. The zero-order valence-electron chi connectivity index (χ0n) is 19.0. The van der Waals surface area contributed by atoms with Crippen LogP contribution in [0.25, 0.3) is 28.0 Å². The van der Waals surface area contributed by atoms with E-state index in [1.165, 1.54) is 11.8 Å². The number of thioether (sulfide) groups is 1. The Morgan fingerprint density at radius 1 is 0.941 bits per heavy atom. The van der Waals surface area contributed by atoms with Gasteiger partial charge in [-0.25, -0.2) is 0 Å². The first-order chi connectivity index (χ1) is 16.7. The molecular weight excluding hydrogens is 444 g/mol. The van der Waals surface area contributed by atoms with Gasteiger partial charge in [0.15, 0.2) is 16.8 Å². The highest BCUT2D eigenvalue weighted by Crippen LogP contribution is 2.30. The molecule has 7 heteroatoms. The average Bonchev–Trinajstić information content (AvgIpc) is 3.49. The Morgan fingerprint density at radius 3 is 2.41 bits per heavy atom. The van der Waals surface area contributed by atoms with Crippen LogP contribution in [0.1, 0.15) is 17.3 Å². The number of rotatable bonds is 8. The molecule has 0 spiro atoms. The number of carbonyl (C=O) groups is 1. The first-order valence-electron chi connectivity index (χ1n) is 11.1. The van der Waals surface area contributed by atoms with Crippen LogP contribution in [0.4, 0.5) is 0 Å². The molecule has 6 nitrogen and oxygen atoms in total. The van der Waals surface area contributed by atoms with Gasteiger partial charge in [-0.05, 0) is 37.3 Å². The van der Waals surface area contributed by atoms with Gasteiger partial charge < -0.3 is 9.30 Å². The fraction of sp³-hybridized carbons (Fsp3) is 0.148. The number of benzene rings is 3. The highest BCUT2D eigenvalue weighted by atomic mass is 32.2. The number of fused-ring (bicyclic) bond motifs is 1. The van der Waals surface area contributed by atoms with Gasteiger partial charge in [-0.1, -0.05) is 60.3 Å². The van der Waals surface area contributed by atoms with Crippen LogP contribution in [0.2, 0.25) is 0 Å². The third-order valence-electron chi connectivity index (χ3n) is 5.76. The molecule has 0 bridgehead atoms. The molecule has 170 valence electrons. The minimum absolute atomic E-state index is 0.0685. The number of nitrogens with zero attached hydrogens (tertiary/aromatic N) is 4. The summed E-state index contributed by atoms with van der Waals surface area (Å²) in [5.41, 5.74) is 3.67. The lowest BCUT2D eigenvalue weighted by atomic mass is 10.1. The monoisotopic (exact) mass is 468 g/mol. The summed E-state index contributed by atoms with van der Waals surface area (Å²) in [7, 11) is 1.64. The fourth-order valence-electron chi connectivity index (χ4n) is 4.04. The summed E-state index contributed by atoms with van der Waals surface area (Å²) in [6.07, 6.45) is 1.96. The van der Waals surface area contributed by atoms with Crippen molar-refractivity contribution in [2.24, 2.45) is 0 Å². The van der Waals surface area contributed by atoms with Crippen LogP contribution in [-0.2, 0) is 6.54 Å². The molecule has 0 aliphatic rings. The fourth-order valence-corrected chi connectivity index (χ4v) is 4.88. The number of Topliss-reactive ketones (excluding diaryl/α,β-unsaturated/α-hetero) is 1. The highest BCUT2D eigenvalue weighted by Gasteiger charge is 2.19. The van der Waals surface area contributed by atoms with Gasteiger partial charge in [0.1, 0.15) is 5.75 Å². The molecule has 5 rings (SSSR count). The van der Waals surface area contributed by atoms with Gasteiger partial charge in [0, 0.05) is 40.5 Å². The van der Waals surface area contributed by atoms with Crippen LogP contribution in [-0.4, -0.2) is 38.0 Å². The van der Waals surface area contributed by atoms with Crippen molar-refractivity contribution in [1.82, 2.24) is 19.3 Å². The standard InChI is InChI=1S/C27H24N4O2S/c1-3-30-17-23(22-11-7-8-12-24(22)30)25(32)18-34-27-29-28-26(19-9-5-4-6-10-19)31(27)20-13-15-21(33-2)16-14-20/h4-17H,3,18H2,1-2H3. The quantitative estimate of drug-likeness (QED) is 0.210. The largest absolute Gasteiger partial charge is 0.497 e. The maximum Gasteiger partial charge on any atom is 0.196 e. The van der Waals surface area contributed by atoms with E-state index < -0.39 is 0 Å². The third-order valence-corrected chi connectivity index (χ3v) is 6.69. The topological polar surface area (TPSA) is 61.9 Å². The lowest BCUT2D eigenvalue weighted by Gasteiger charge is -2.11. The normalized spacial score (nSPS) is 11.1. The third kappa shape index (κ3) is 4.10. The highest BCUT2D eigenvalue weighted by molar-refractivity contribution is 7.99. The maximum absolute atomic E-state index is 13.3. The van der Waals surface area contributed by atoms with Crippen LogP contribution in [0.5, 0.6) is 5.75 Å². The van der Waals surface area contributed by atoms with Gasteiger partial charge in [0.25, 0.3) is 0 Å². The Bertz CT molecular complexity index is 1440. The van der Waals surface area contributed by atoms with Crippen molar-refractivity contribution in [3.05, 3.63) is 90.6 Å². The summed E-state index contributed by atoms with van der Waals surface area (Å²) in [5.74, 6) is 1.83. The number of ether oxygens (including phenoxy) is 1. The molecule has 0 N–H and O–H groups in total. The molecule has 2 aromatic heterocycles. The molecule has 0 amide bonds. The number of carbonyl (C=O) groups excluding carboxylic acids is 1. The smallest absolute Gasteiger partial charge is 0.196 e. The molecule has 5 aromatic rings. The number of methoxy groups -OCH3 is 1. The SMILES string of the molecule is CCn1cc(C(=O)CSc2nnc(-c3ccccc3)n2-c2ccc(OC)cc2)c2ccccc21. The second-order valence-corrected chi connectivity index (χ2v) is 8.71. The second kappa shape index (κ2) is 9.57. The summed E-state index contributed by atoms with van der Waals surface area (Å²) in [5, 5.41) is 10.6. The maximum atomic E-state index is 13.3. The number of hydrogen-bond donors (Lipinski definition) is 0. The Morgan fingerprint density at radius 2 is 1.68 bits per heavy atom. The molecule has 34 heavy (non-hydrogen) atoms. The van der Waals surface area contributed by atoms with E-state index >= 15 is 0 Å². The molecule has 0 aliphatic heterocycles. The van der Waals surface area contributed by atoms with Crippen molar-refractivity contribution in [2.75, 3.05) is 12.9 Å². The first-order valence-corrected chi connectivity index (χ1v) is 12.1. The van der Waals surface area contributed by atoms with Gasteiger partial charge in [0.05, 0.1) is 12.9 Å². The van der Waals surface area contributed by atoms with Crippen molar-refractivity contribution in [2.45, 2.75) is 18.6 Å².